The molecule has 0 aliphatic heterocycles. The lowest BCUT2D eigenvalue weighted by Crippen LogP contribution is -2.18. The van der Waals surface area contributed by atoms with Gasteiger partial charge in [0.25, 0.3) is 0 Å². The quantitative estimate of drug-likeness (QED) is 0.661. The van der Waals surface area contributed by atoms with Crippen molar-refractivity contribution in [3.05, 3.63) is 0 Å². The van der Waals surface area contributed by atoms with Crippen molar-refractivity contribution < 1.29 is 13.2 Å². The van der Waals surface area contributed by atoms with Crippen LogP contribution in [0.1, 0.15) is 13.3 Å². The molecule has 1 rings (SSSR count). The van der Waals surface area contributed by atoms with E-state index in [0.717, 1.165) is 0 Å². The van der Waals surface area contributed by atoms with Crippen LogP contribution in [0.4, 0.5) is 0 Å². The van der Waals surface area contributed by atoms with E-state index in [1.165, 1.54) is 6.26 Å². The fraction of sp³-hybridized carbons (Fsp3) is 0.875. The highest BCUT2D eigenvalue weighted by molar-refractivity contribution is 7.91. The molecule has 0 bridgehead atoms. The number of sulfone groups is 1. The number of nitrogens with zero attached hydrogens (tertiary/aromatic N) is 1. The summed E-state index contributed by atoms with van der Waals surface area (Å²) < 4.78 is 27.3. The summed E-state index contributed by atoms with van der Waals surface area (Å²) in [4.78, 5) is 0. The van der Waals surface area contributed by atoms with Gasteiger partial charge in [0.2, 0.25) is 0 Å². The van der Waals surface area contributed by atoms with Gasteiger partial charge in [0.1, 0.15) is 0 Å². The van der Waals surface area contributed by atoms with Gasteiger partial charge in [0.05, 0.1) is 23.3 Å². The van der Waals surface area contributed by atoms with Crippen molar-refractivity contribution in [1.82, 2.24) is 0 Å². The molecule has 4 nitrogen and oxygen atoms in total. The highest BCUT2D eigenvalue weighted by atomic mass is 32.2. The van der Waals surface area contributed by atoms with Crippen LogP contribution in [0.3, 0.4) is 0 Å². The molecule has 1 fully saturated rings. The lowest BCUT2D eigenvalue weighted by Gasteiger charge is -2.06. The summed E-state index contributed by atoms with van der Waals surface area (Å²) in [6.07, 6.45) is 1.59. The lowest BCUT2D eigenvalue weighted by molar-refractivity contribution is 0.119. The van der Waals surface area contributed by atoms with Gasteiger partial charge in [-0.2, -0.15) is 5.26 Å². The van der Waals surface area contributed by atoms with Gasteiger partial charge in [-0.15, -0.1) is 0 Å². The highest BCUT2D eigenvalue weighted by Crippen LogP contribution is 2.50. The van der Waals surface area contributed by atoms with Gasteiger partial charge in [-0.05, 0) is 13.3 Å². The zero-order valence-corrected chi connectivity index (χ0v) is 8.60. The van der Waals surface area contributed by atoms with E-state index in [9.17, 15) is 8.42 Å². The van der Waals surface area contributed by atoms with Gasteiger partial charge in [0, 0.05) is 12.9 Å². The van der Waals surface area contributed by atoms with E-state index in [-0.39, 0.29) is 6.61 Å². The molecule has 1 aliphatic rings. The maximum Gasteiger partial charge on any atom is 0.152 e. The Balaban J connectivity index is 2.66. The van der Waals surface area contributed by atoms with Gasteiger partial charge in [-0.3, -0.25) is 0 Å². The van der Waals surface area contributed by atoms with Crippen molar-refractivity contribution in [2.45, 2.75) is 18.6 Å². The Hall–Kier alpha value is -0.600. The molecule has 0 heterocycles. The summed E-state index contributed by atoms with van der Waals surface area (Å²) in [5.74, 6) is 0. The minimum absolute atomic E-state index is 0.234. The van der Waals surface area contributed by atoms with E-state index in [2.05, 4.69) is 0 Å². The lowest BCUT2D eigenvalue weighted by atomic mass is 10.1. The second kappa shape index (κ2) is 3.28. The summed E-state index contributed by atoms with van der Waals surface area (Å²) >= 11 is 0. The van der Waals surface area contributed by atoms with Crippen LogP contribution in [-0.2, 0) is 14.6 Å². The van der Waals surface area contributed by atoms with Crippen LogP contribution in [0.25, 0.3) is 0 Å². The maximum atomic E-state index is 11.1. The van der Waals surface area contributed by atoms with Crippen LogP contribution in [-0.4, -0.2) is 33.1 Å². The number of hydrogen-bond donors (Lipinski definition) is 0. The predicted octanol–water partition coefficient (Wildman–Crippen LogP) is 0.350. The second-order valence-electron chi connectivity index (χ2n) is 3.43. The molecule has 1 aliphatic carbocycles. The fourth-order valence-electron chi connectivity index (χ4n) is 1.42. The summed E-state index contributed by atoms with van der Waals surface area (Å²) in [5.41, 5.74) is -0.760. The van der Waals surface area contributed by atoms with Crippen molar-refractivity contribution in [3.8, 4) is 6.07 Å². The molecule has 0 aromatic heterocycles. The van der Waals surface area contributed by atoms with E-state index < -0.39 is 20.5 Å². The molecule has 5 heteroatoms. The Morgan fingerprint density at radius 3 is 2.62 bits per heavy atom. The average Bonchev–Trinajstić information content (AvgIpc) is 2.76. The first-order chi connectivity index (χ1) is 5.96. The molecular weight excluding hydrogens is 190 g/mol. The van der Waals surface area contributed by atoms with Crippen LogP contribution >= 0.6 is 0 Å². The third kappa shape index (κ3) is 2.01. The number of rotatable bonds is 4. The zero-order valence-electron chi connectivity index (χ0n) is 7.78. The van der Waals surface area contributed by atoms with Crippen LogP contribution in [0.2, 0.25) is 0 Å². The average molecular weight is 203 g/mol. The normalized spacial score (nSPS) is 32.5. The van der Waals surface area contributed by atoms with Gasteiger partial charge in [0.15, 0.2) is 9.84 Å². The Labute approximate surface area is 78.4 Å². The predicted molar refractivity (Wildman–Crippen MR) is 47.8 cm³/mol. The van der Waals surface area contributed by atoms with Crippen molar-refractivity contribution in [2.75, 3.05) is 19.5 Å². The van der Waals surface area contributed by atoms with Crippen LogP contribution in [0, 0.1) is 16.7 Å². The van der Waals surface area contributed by atoms with Crippen molar-refractivity contribution in [1.29, 1.82) is 5.26 Å². The minimum atomic E-state index is -3.08. The maximum absolute atomic E-state index is 11.1. The zero-order chi connectivity index (χ0) is 10.1. The molecule has 74 valence electrons. The highest BCUT2D eigenvalue weighted by Gasteiger charge is 2.60. The summed E-state index contributed by atoms with van der Waals surface area (Å²) in [7, 11) is -3.08. The van der Waals surface area contributed by atoms with E-state index >= 15 is 0 Å². The van der Waals surface area contributed by atoms with Crippen molar-refractivity contribution >= 4 is 9.84 Å². The minimum Gasteiger partial charge on any atom is -0.380 e. The molecular formula is C8H13NO3S. The van der Waals surface area contributed by atoms with Crippen LogP contribution in [0.15, 0.2) is 0 Å². The standard InChI is InChI=1S/C8H13NO3S/c1-3-12-6-8(5-9)4-7(8)13(2,10)11/h7H,3-4,6H2,1-2H3/t7-,8+/m1/s1. The first-order valence-electron chi connectivity index (χ1n) is 4.14. The number of ether oxygens (including phenoxy) is 1. The smallest absolute Gasteiger partial charge is 0.152 e. The first-order valence-corrected chi connectivity index (χ1v) is 6.09. The molecule has 0 aromatic carbocycles. The van der Waals surface area contributed by atoms with Crippen LogP contribution in [0.5, 0.6) is 0 Å². The topological polar surface area (TPSA) is 67.2 Å². The second-order valence-corrected chi connectivity index (χ2v) is 5.66. The van der Waals surface area contributed by atoms with E-state index in [1.807, 2.05) is 13.0 Å². The van der Waals surface area contributed by atoms with Gasteiger partial charge < -0.3 is 4.74 Å². The first kappa shape index (κ1) is 10.5. The largest absolute Gasteiger partial charge is 0.380 e. The molecule has 2 atom stereocenters. The van der Waals surface area contributed by atoms with Crippen molar-refractivity contribution in [2.24, 2.45) is 5.41 Å². The van der Waals surface area contributed by atoms with Gasteiger partial charge in [-0.1, -0.05) is 0 Å². The molecule has 0 spiro atoms. The van der Waals surface area contributed by atoms with E-state index in [4.69, 9.17) is 10.00 Å². The SMILES string of the molecule is CCOC[C@@]1(C#N)C[C@H]1S(C)(=O)=O. The van der Waals surface area contributed by atoms with Crippen molar-refractivity contribution in [3.63, 3.8) is 0 Å². The third-order valence-corrected chi connectivity index (χ3v) is 3.96. The third-order valence-electron chi connectivity index (χ3n) is 2.31. The Bertz CT molecular complexity index is 330. The van der Waals surface area contributed by atoms with Gasteiger partial charge in [-0.25, -0.2) is 8.42 Å². The monoisotopic (exact) mass is 203 g/mol. The Morgan fingerprint density at radius 2 is 2.31 bits per heavy atom. The molecule has 0 amide bonds. The Morgan fingerprint density at radius 1 is 1.69 bits per heavy atom. The summed E-state index contributed by atoms with van der Waals surface area (Å²) in [6, 6.07) is 2.04. The summed E-state index contributed by atoms with van der Waals surface area (Å²) in [6.45, 7) is 2.57. The fourth-order valence-corrected chi connectivity index (χ4v) is 2.96. The molecule has 13 heavy (non-hydrogen) atoms. The molecule has 0 aromatic rings. The van der Waals surface area contributed by atoms with E-state index in [0.29, 0.717) is 13.0 Å². The molecule has 1 saturated carbocycles. The molecule has 0 saturated heterocycles. The van der Waals surface area contributed by atoms with Gasteiger partial charge >= 0.3 is 0 Å². The summed E-state index contributed by atoms with van der Waals surface area (Å²) in [5, 5.41) is 8.31. The molecule has 0 unspecified atom stereocenters. The molecule has 0 N–H and O–H groups in total. The van der Waals surface area contributed by atoms with Crippen LogP contribution < -0.4 is 0 Å². The molecule has 0 radical (unpaired) electrons. The van der Waals surface area contributed by atoms with E-state index in [1.54, 1.807) is 0 Å². The number of hydrogen-bond acceptors (Lipinski definition) is 4. The Kier molecular flexibility index (Phi) is 2.64. The number of nitriles is 1.